The molecule has 0 spiro atoms. The van der Waals surface area contributed by atoms with Crippen LogP contribution in [0.4, 0.5) is 17.1 Å². The molecule has 0 bridgehead atoms. The number of aryl methyl sites for hydroxylation is 1. The number of carbonyl (C=O) groups is 1. The monoisotopic (exact) mass is 536 g/mol. The summed E-state index contributed by atoms with van der Waals surface area (Å²) in [5.41, 5.74) is 11.0. The molecule has 4 N–H and O–H groups in total. The lowest BCUT2D eigenvalue weighted by Gasteiger charge is -2.24. The molecule has 0 radical (unpaired) electrons. The number of sulfonamides is 1. The van der Waals surface area contributed by atoms with Gasteiger partial charge in [0.25, 0.3) is 5.91 Å². The van der Waals surface area contributed by atoms with Gasteiger partial charge in [0, 0.05) is 11.8 Å². The molecule has 1 aromatic heterocycles. The Morgan fingerprint density at radius 2 is 1.82 bits per heavy atom. The van der Waals surface area contributed by atoms with E-state index < -0.39 is 10.0 Å². The molecule has 1 amide bonds. The van der Waals surface area contributed by atoms with E-state index in [0.717, 1.165) is 34.5 Å². The third-order valence-electron chi connectivity index (χ3n) is 5.94. The van der Waals surface area contributed by atoms with Gasteiger partial charge in [0.1, 0.15) is 0 Å². The first-order valence-corrected chi connectivity index (χ1v) is 13.8. The highest BCUT2D eigenvalue weighted by Crippen LogP contribution is 2.39. The van der Waals surface area contributed by atoms with E-state index in [4.69, 9.17) is 4.74 Å². The molecular weight excluding hydrogens is 504 g/mol. The Kier molecular flexibility index (Phi) is 7.34. The summed E-state index contributed by atoms with van der Waals surface area (Å²) in [6.45, 7) is 7.95. The van der Waals surface area contributed by atoms with Crippen molar-refractivity contribution in [1.82, 2.24) is 15.9 Å². The molecule has 0 saturated heterocycles. The van der Waals surface area contributed by atoms with E-state index >= 15 is 0 Å². The fourth-order valence-corrected chi connectivity index (χ4v) is 4.50. The van der Waals surface area contributed by atoms with Crippen molar-refractivity contribution in [1.29, 1.82) is 0 Å². The number of carbonyl (C=O) groups excluding carboxylic acids is 1. The van der Waals surface area contributed by atoms with Gasteiger partial charge in [-0.1, -0.05) is 32.9 Å². The summed E-state index contributed by atoms with van der Waals surface area (Å²) in [6.07, 6.45) is 4.65. The van der Waals surface area contributed by atoms with Crippen LogP contribution >= 0.6 is 0 Å². The predicted octanol–water partition coefficient (Wildman–Crippen LogP) is 4.15. The van der Waals surface area contributed by atoms with Crippen molar-refractivity contribution < 1.29 is 17.9 Å². The van der Waals surface area contributed by atoms with Crippen molar-refractivity contribution in [3.8, 4) is 5.75 Å². The third kappa shape index (κ3) is 6.06. The third-order valence-corrected chi connectivity index (χ3v) is 6.53. The summed E-state index contributed by atoms with van der Waals surface area (Å²) in [6, 6.07) is 14.5. The number of anilines is 3. The number of pyridine rings is 1. The summed E-state index contributed by atoms with van der Waals surface area (Å²) < 4.78 is 32.1. The van der Waals surface area contributed by atoms with E-state index in [1.54, 1.807) is 35.5 Å². The number of rotatable bonds is 7. The lowest BCUT2D eigenvalue weighted by atomic mass is 9.86. The van der Waals surface area contributed by atoms with Crippen LogP contribution in [0.5, 0.6) is 5.75 Å². The summed E-state index contributed by atoms with van der Waals surface area (Å²) in [4.78, 5) is 17.8. The maximum atomic E-state index is 13.4. The van der Waals surface area contributed by atoms with Gasteiger partial charge in [-0.25, -0.2) is 8.42 Å². The highest BCUT2D eigenvalue weighted by molar-refractivity contribution is 7.92. The highest BCUT2D eigenvalue weighted by atomic mass is 32.2. The van der Waals surface area contributed by atoms with E-state index in [1.807, 2.05) is 58.2 Å². The quantitative estimate of drug-likeness (QED) is 0.355. The highest BCUT2D eigenvalue weighted by Gasteiger charge is 2.23. The van der Waals surface area contributed by atoms with Crippen LogP contribution in [-0.2, 0) is 15.4 Å². The van der Waals surface area contributed by atoms with Crippen molar-refractivity contribution in [3.63, 3.8) is 0 Å². The number of hydrogen-bond acceptors (Lipinski definition) is 8. The maximum absolute atomic E-state index is 13.4. The molecule has 0 aliphatic carbocycles. The van der Waals surface area contributed by atoms with Crippen LogP contribution in [0.1, 0.15) is 48.0 Å². The molecule has 11 heteroatoms. The fourth-order valence-electron chi connectivity index (χ4n) is 3.95. The van der Waals surface area contributed by atoms with Crippen LogP contribution in [0.3, 0.4) is 0 Å². The number of hydrazine groups is 2. The van der Waals surface area contributed by atoms with Crippen molar-refractivity contribution in [2.24, 2.45) is 0 Å². The normalized spacial score (nSPS) is 13.5. The van der Waals surface area contributed by atoms with E-state index in [-0.39, 0.29) is 22.8 Å². The van der Waals surface area contributed by atoms with Crippen molar-refractivity contribution in [2.45, 2.75) is 33.1 Å². The number of methoxy groups -OCH3 is 1. The van der Waals surface area contributed by atoms with Gasteiger partial charge >= 0.3 is 0 Å². The second-order valence-electron chi connectivity index (χ2n) is 10.0. The molecule has 4 rings (SSSR count). The van der Waals surface area contributed by atoms with Crippen LogP contribution < -0.4 is 30.7 Å². The minimum Gasteiger partial charge on any atom is -0.492 e. The molecule has 2 heterocycles. The van der Waals surface area contributed by atoms with E-state index in [9.17, 15) is 13.2 Å². The SMILES string of the molecule is COc1c(NC(=O)c2ccc(C)c(N3C=C(c4ccccn4)NN3)c2)cc(C(C)(C)C)cc1NS(C)(=O)=O. The number of ether oxygens (including phenoxy) is 1. The fraction of sp³-hybridized carbons (Fsp3) is 0.259. The molecule has 38 heavy (non-hydrogen) atoms. The zero-order chi connectivity index (χ0) is 27.7. The van der Waals surface area contributed by atoms with Crippen LogP contribution in [0.25, 0.3) is 5.70 Å². The van der Waals surface area contributed by atoms with E-state index in [2.05, 4.69) is 26.0 Å². The topological polar surface area (TPSA) is 125 Å². The van der Waals surface area contributed by atoms with Gasteiger partial charge in [-0.3, -0.25) is 24.9 Å². The van der Waals surface area contributed by atoms with Crippen LogP contribution in [-0.4, -0.2) is 32.7 Å². The smallest absolute Gasteiger partial charge is 0.255 e. The van der Waals surface area contributed by atoms with Crippen LogP contribution in [0.15, 0.2) is 60.9 Å². The Bertz CT molecular complexity index is 1500. The minimum absolute atomic E-state index is 0.220. The molecule has 200 valence electrons. The average Bonchev–Trinajstić information content (AvgIpc) is 3.33. The molecule has 3 aromatic rings. The van der Waals surface area contributed by atoms with Gasteiger partial charge in [0.15, 0.2) is 5.75 Å². The van der Waals surface area contributed by atoms with Gasteiger partial charge in [-0.2, -0.15) is 0 Å². The van der Waals surface area contributed by atoms with Crippen molar-refractivity contribution >= 4 is 38.7 Å². The molecule has 1 aliphatic rings. The number of amides is 1. The van der Waals surface area contributed by atoms with Gasteiger partial charge < -0.3 is 10.1 Å². The Balaban J connectivity index is 1.67. The second kappa shape index (κ2) is 10.3. The van der Waals surface area contributed by atoms with Crippen molar-refractivity contribution in [2.75, 3.05) is 28.4 Å². The molecule has 0 saturated carbocycles. The largest absolute Gasteiger partial charge is 0.492 e. The minimum atomic E-state index is -3.58. The van der Waals surface area contributed by atoms with E-state index in [0.29, 0.717) is 11.3 Å². The molecule has 0 unspecified atom stereocenters. The standard InChI is InChI=1S/C27H32N6O4S/c1-17-10-11-18(13-24(17)33-16-23(30-32-33)20-9-7-8-12-28-20)26(34)29-21-14-19(27(2,3)4)15-22(25(21)37-5)31-38(6,35)36/h7-16,30-32H,1-6H3,(H,29,34). The van der Waals surface area contributed by atoms with Gasteiger partial charge in [-0.05, 0) is 59.9 Å². The first kappa shape index (κ1) is 27.0. The van der Waals surface area contributed by atoms with Gasteiger partial charge in [-0.15, -0.1) is 5.53 Å². The second-order valence-corrected chi connectivity index (χ2v) is 11.8. The lowest BCUT2D eigenvalue weighted by Crippen LogP contribution is -2.36. The molecule has 1 aliphatic heterocycles. The van der Waals surface area contributed by atoms with Crippen LogP contribution in [0.2, 0.25) is 0 Å². The summed E-state index contributed by atoms with van der Waals surface area (Å²) in [7, 11) is -2.16. The molecular formula is C27H32N6O4S. The Morgan fingerprint density at radius 1 is 1.08 bits per heavy atom. The predicted molar refractivity (Wildman–Crippen MR) is 150 cm³/mol. The Morgan fingerprint density at radius 3 is 2.45 bits per heavy atom. The van der Waals surface area contributed by atoms with Gasteiger partial charge in [0.2, 0.25) is 10.0 Å². The number of aromatic nitrogens is 1. The summed E-state index contributed by atoms with van der Waals surface area (Å²) in [5.74, 6) is -0.153. The lowest BCUT2D eigenvalue weighted by molar-refractivity contribution is 0.102. The first-order chi connectivity index (χ1) is 17.9. The number of nitrogens with zero attached hydrogens (tertiary/aromatic N) is 2. The number of hydrogen-bond donors (Lipinski definition) is 4. The molecule has 10 nitrogen and oxygen atoms in total. The van der Waals surface area contributed by atoms with Crippen molar-refractivity contribution in [3.05, 3.63) is 83.3 Å². The Hall–Kier alpha value is -4.09. The number of nitrogens with one attached hydrogen (secondary N) is 4. The summed E-state index contributed by atoms with van der Waals surface area (Å²) >= 11 is 0. The molecule has 0 fully saturated rings. The molecule has 2 aromatic carbocycles. The zero-order valence-electron chi connectivity index (χ0n) is 22.2. The number of benzene rings is 2. The van der Waals surface area contributed by atoms with Gasteiger partial charge in [0.05, 0.1) is 48.0 Å². The zero-order valence-corrected chi connectivity index (χ0v) is 23.0. The van der Waals surface area contributed by atoms with E-state index in [1.165, 1.54) is 7.11 Å². The maximum Gasteiger partial charge on any atom is 0.255 e. The molecule has 0 atom stereocenters. The van der Waals surface area contributed by atoms with Crippen LogP contribution in [0, 0.1) is 6.92 Å². The average molecular weight is 537 g/mol. The Labute approximate surface area is 223 Å². The summed E-state index contributed by atoms with van der Waals surface area (Å²) in [5, 5.41) is 4.69. The first-order valence-electron chi connectivity index (χ1n) is 11.9.